The second-order valence-electron chi connectivity index (χ2n) is 5.04. The van der Waals surface area contributed by atoms with Gasteiger partial charge in [0, 0.05) is 35.0 Å². The quantitative estimate of drug-likeness (QED) is 0.462. The molecular formula is C15H18N2O3. The fourth-order valence-corrected chi connectivity index (χ4v) is 2.77. The van der Waals surface area contributed by atoms with E-state index in [2.05, 4.69) is 0 Å². The first kappa shape index (κ1) is 14.2. The van der Waals surface area contributed by atoms with Crippen LogP contribution in [0.2, 0.25) is 0 Å². The highest BCUT2D eigenvalue weighted by Crippen LogP contribution is 2.33. The number of nitrogens with zero attached hydrogens (tertiary/aromatic N) is 2. The van der Waals surface area contributed by atoms with Crippen LogP contribution in [0.15, 0.2) is 30.5 Å². The molecule has 106 valence electrons. The maximum atomic E-state index is 11.2. The van der Waals surface area contributed by atoms with Gasteiger partial charge >= 0.3 is 0 Å². The molecule has 0 fully saturated rings. The van der Waals surface area contributed by atoms with Gasteiger partial charge in [0.05, 0.1) is 5.92 Å². The first-order valence-electron chi connectivity index (χ1n) is 6.69. The van der Waals surface area contributed by atoms with Gasteiger partial charge < -0.3 is 9.36 Å². The Bertz CT molecular complexity index is 633. The summed E-state index contributed by atoms with van der Waals surface area (Å²) in [4.78, 5) is 21.9. The second kappa shape index (κ2) is 5.86. The number of aromatic nitrogens is 1. The molecule has 0 saturated carbocycles. The first-order chi connectivity index (χ1) is 9.58. The lowest BCUT2D eigenvalue weighted by molar-refractivity contribution is -0.484. The van der Waals surface area contributed by atoms with Crippen molar-refractivity contribution >= 4 is 17.2 Å². The lowest BCUT2D eigenvalue weighted by Gasteiger charge is -2.17. The van der Waals surface area contributed by atoms with Gasteiger partial charge in [0.25, 0.3) is 0 Å². The van der Waals surface area contributed by atoms with Crippen LogP contribution in [0.1, 0.15) is 24.8 Å². The van der Waals surface area contributed by atoms with Crippen molar-refractivity contribution in [3.8, 4) is 0 Å². The van der Waals surface area contributed by atoms with Crippen LogP contribution >= 0.6 is 0 Å². The van der Waals surface area contributed by atoms with Crippen LogP contribution in [0, 0.1) is 16.0 Å². The van der Waals surface area contributed by atoms with Crippen molar-refractivity contribution in [2.75, 3.05) is 6.54 Å². The van der Waals surface area contributed by atoms with Crippen LogP contribution in [0.5, 0.6) is 0 Å². The number of carbonyl (C=O) groups is 1. The highest BCUT2D eigenvalue weighted by atomic mass is 16.6. The summed E-state index contributed by atoms with van der Waals surface area (Å²) >= 11 is 0. The molecule has 2 aromatic rings. The molecule has 0 aliphatic rings. The standard InChI is InChI=1S/C15H18N2O3/c1-3-11(10-18)13(9-17(19)20)14-8-16(2)15-7-5-4-6-12(14)15/h4-8,10-11,13H,3,9H2,1-2H3/t11-,13-/m1/s1. The molecule has 20 heavy (non-hydrogen) atoms. The molecule has 1 aromatic carbocycles. The van der Waals surface area contributed by atoms with Gasteiger partial charge in [-0.1, -0.05) is 25.1 Å². The molecule has 0 aliphatic carbocycles. The Balaban J connectivity index is 2.55. The van der Waals surface area contributed by atoms with E-state index in [0.29, 0.717) is 6.42 Å². The minimum absolute atomic E-state index is 0.217. The first-order valence-corrected chi connectivity index (χ1v) is 6.69. The molecule has 1 heterocycles. The zero-order chi connectivity index (χ0) is 14.7. The fourth-order valence-electron chi connectivity index (χ4n) is 2.77. The molecule has 0 bridgehead atoms. The number of nitro groups is 1. The highest BCUT2D eigenvalue weighted by molar-refractivity contribution is 5.85. The monoisotopic (exact) mass is 274 g/mol. The smallest absolute Gasteiger partial charge is 0.211 e. The largest absolute Gasteiger partial charge is 0.350 e. The van der Waals surface area contributed by atoms with Crippen LogP contribution < -0.4 is 0 Å². The van der Waals surface area contributed by atoms with Crippen molar-refractivity contribution in [3.05, 3.63) is 46.1 Å². The average Bonchev–Trinajstić information content (AvgIpc) is 2.76. The van der Waals surface area contributed by atoms with E-state index in [1.165, 1.54) is 0 Å². The van der Waals surface area contributed by atoms with Crippen LogP contribution in [0.25, 0.3) is 10.9 Å². The summed E-state index contributed by atoms with van der Waals surface area (Å²) in [6, 6.07) is 7.78. The summed E-state index contributed by atoms with van der Waals surface area (Å²) in [5.41, 5.74) is 1.91. The van der Waals surface area contributed by atoms with Crippen LogP contribution in [-0.2, 0) is 11.8 Å². The number of hydrogen-bond acceptors (Lipinski definition) is 3. The molecule has 0 amide bonds. The predicted molar refractivity (Wildman–Crippen MR) is 77.4 cm³/mol. The van der Waals surface area contributed by atoms with Crippen molar-refractivity contribution in [2.24, 2.45) is 13.0 Å². The molecule has 0 aliphatic heterocycles. The van der Waals surface area contributed by atoms with Crippen LogP contribution in [0.4, 0.5) is 0 Å². The number of hydrogen-bond donors (Lipinski definition) is 0. The molecule has 1 aromatic heterocycles. The molecule has 2 atom stereocenters. The van der Waals surface area contributed by atoms with Gasteiger partial charge in [-0.25, -0.2) is 0 Å². The van der Waals surface area contributed by atoms with Gasteiger partial charge in [0.15, 0.2) is 0 Å². The Morgan fingerprint density at radius 1 is 1.40 bits per heavy atom. The third-order valence-corrected chi connectivity index (χ3v) is 3.84. The molecular weight excluding hydrogens is 256 g/mol. The molecule has 5 heteroatoms. The number of fused-ring (bicyclic) bond motifs is 1. The third-order valence-electron chi connectivity index (χ3n) is 3.84. The zero-order valence-electron chi connectivity index (χ0n) is 11.7. The summed E-state index contributed by atoms with van der Waals surface area (Å²) < 4.78 is 1.95. The third kappa shape index (κ3) is 2.57. The maximum absolute atomic E-state index is 11.2. The second-order valence-corrected chi connectivity index (χ2v) is 5.04. The number of rotatable bonds is 6. The normalized spacial score (nSPS) is 14.1. The fraction of sp³-hybridized carbons (Fsp3) is 0.400. The van der Waals surface area contributed by atoms with Gasteiger partial charge in [0.2, 0.25) is 6.54 Å². The summed E-state index contributed by atoms with van der Waals surface area (Å²) in [6.45, 7) is 1.67. The van der Waals surface area contributed by atoms with E-state index >= 15 is 0 Å². The minimum Gasteiger partial charge on any atom is -0.350 e. The number of carbonyl (C=O) groups excluding carboxylic acids is 1. The van der Waals surface area contributed by atoms with Crippen molar-refractivity contribution < 1.29 is 9.72 Å². The average molecular weight is 274 g/mol. The van der Waals surface area contributed by atoms with E-state index in [1.54, 1.807) is 0 Å². The van der Waals surface area contributed by atoms with Gasteiger partial charge in [-0.2, -0.15) is 0 Å². The predicted octanol–water partition coefficient (Wildman–Crippen LogP) is 2.76. The van der Waals surface area contributed by atoms with Crippen molar-refractivity contribution in [1.82, 2.24) is 4.57 Å². The lowest BCUT2D eigenvalue weighted by Crippen LogP contribution is -2.22. The van der Waals surface area contributed by atoms with Gasteiger partial charge in [-0.3, -0.25) is 10.1 Å². The molecule has 0 spiro atoms. The lowest BCUT2D eigenvalue weighted by atomic mass is 9.85. The summed E-state index contributed by atoms with van der Waals surface area (Å²) in [6.07, 6.45) is 3.35. The minimum atomic E-state index is -0.376. The summed E-state index contributed by atoms with van der Waals surface area (Å²) in [5.74, 6) is -0.704. The Kier molecular flexibility index (Phi) is 4.17. The SMILES string of the molecule is CC[C@H](C=O)[C@@H](C[N+](=O)[O-])c1cn(C)c2ccccc12. The molecule has 0 radical (unpaired) electrons. The summed E-state index contributed by atoms with van der Waals surface area (Å²) in [5, 5.41) is 11.9. The Morgan fingerprint density at radius 2 is 2.10 bits per heavy atom. The van der Waals surface area contributed by atoms with E-state index in [9.17, 15) is 14.9 Å². The van der Waals surface area contributed by atoms with Gasteiger partial charge in [-0.05, 0) is 18.1 Å². The Hall–Kier alpha value is -2.17. The number of aldehydes is 1. The number of benzene rings is 1. The van der Waals surface area contributed by atoms with Crippen molar-refractivity contribution in [2.45, 2.75) is 19.3 Å². The molecule has 0 unspecified atom stereocenters. The zero-order valence-corrected chi connectivity index (χ0v) is 11.7. The molecule has 5 nitrogen and oxygen atoms in total. The molecule has 0 N–H and O–H groups in total. The number of para-hydroxylation sites is 1. The van der Waals surface area contributed by atoms with E-state index < -0.39 is 0 Å². The topological polar surface area (TPSA) is 65.1 Å². The molecule has 2 rings (SSSR count). The van der Waals surface area contributed by atoms with Crippen molar-refractivity contribution in [3.63, 3.8) is 0 Å². The van der Waals surface area contributed by atoms with Crippen LogP contribution in [-0.4, -0.2) is 22.3 Å². The van der Waals surface area contributed by atoms with E-state index in [1.807, 2.05) is 49.0 Å². The Morgan fingerprint density at radius 3 is 2.70 bits per heavy atom. The highest BCUT2D eigenvalue weighted by Gasteiger charge is 2.29. The van der Waals surface area contributed by atoms with E-state index in [4.69, 9.17) is 0 Å². The number of aryl methyl sites for hydroxylation is 1. The van der Waals surface area contributed by atoms with E-state index in [-0.39, 0.29) is 23.3 Å². The maximum Gasteiger partial charge on any atom is 0.211 e. The Labute approximate surface area is 117 Å². The molecule has 0 saturated heterocycles. The van der Waals surface area contributed by atoms with Gasteiger partial charge in [0.1, 0.15) is 6.29 Å². The van der Waals surface area contributed by atoms with Crippen molar-refractivity contribution in [1.29, 1.82) is 0 Å². The van der Waals surface area contributed by atoms with E-state index in [0.717, 1.165) is 22.8 Å². The summed E-state index contributed by atoms with van der Waals surface area (Å²) in [7, 11) is 1.91. The van der Waals surface area contributed by atoms with Gasteiger partial charge in [-0.15, -0.1) is 0 Å². The van der Waals surface area contributed by atoms with Crippen LogP contribution in [0.3, 0.4) is 0 Å².